The highest BCUT2D eigenvalue weighted by atomic mass is 35.5. The second-order valence-corrected chi connectivity index (χ2v) is 5.35. The molecule has 0 spiro atoms. The fourth-order valence-corrected chi connectivity index (χ4v) is 2.03. The van der Waals surface area contributed by atoms with Crippen LogP contribution in [0.1, 0.15) is 26.2 Å². The normalized spacial score (nSPS) is 11.4. The van der Waals surface area contributed by atoms with Gasteiger partial charge in [0.15, 0.2) is 6.61 Å². The van der Waals surface area contributed by atoms with Gasteiger partial charge < -0.3 is 15.8 Å². The Kier molecular flexibility index (Phi) is 10.6. The molecule has 0 aliphatic carbocycles. The van der Waals surface area contributed by atoms with Crippen molar-refractivity contribution in [3.8, 4) is 5.75 Å². The number of unbranched alkanes of at least 4 members (excludes halogenated alkanes) is 1. The molecule has 0 bridgehead atoms. The van der Waals surface area contributed by atoms with Crippen molar-refractivity contribution in [3.63, 3.8) is 0 Å². The molecule has 4 nitrogen and oxygen atoms in total. The maximum Gasteiger partial charge on any atom is 0.258 e. The van der Waals surface area contributed by atoms with Gasteiger partial charge in [-0.25, -0.2) is 0 Å². The molecule has 0 aliphatic rings. The first kappa shape index (κ1) is 20.3. The predicted molar refractivity (Wildman–Crippen MR) is 89.7 cm³/mol. The zero-order chi connectivity index (χ0) is 15.0. The third kappa shape index (κ3) is 7.77. The predicted octanol–water partition coefficient (Wildman–Crippen LogP) is 3.43. The minimum Gasteiger partial charge on any atom is -0.482 e. The number of hydrogen-bond donors (Lipinski definition) is 2. The van der Waals surface area contributed by atoms with E-state index in [1.54, 1.807) is 18.2 Å². The van der Waals surface area contributed by atoms with Gasteiger partial charge in [-0.1, -0.05) is 43.0 Å². The van der Waals surface area contributed by atoms with Crippen molar-refractivity contribution in [2.45, 2.75) is 32.2 Å². The molecule has 0 radical (unpaired) electrons. The molecule has 21 heavy (non-hydrogen) atoms. The van der Waals surface area contributed by atoms with Gasteiger partial charge in [-0.15, -0.1) is 12.4 Å². The first-order valence-corrected chi connectivity index (χ1v) is 7.39. The van der Waals surface area contributed by atoms with E-state index in [9.17, 15) is 4.79 Å². The summed E-state index contributed by atoms with van der Waals surface area (Å²) in [6.45, 7) is 2.41. The lowest BCUT2D eigenvalue weighted by Crippen LogP contribution is -2.42. The van der Waals surface area contributed by atoms with Crippen molar-refractivity contribution in [2.75, 3.05) is 13.2 Å². The molecule has 1 rings (SSSR count). The minimum atomic E-state index is -0.215. The Labute approximate surface area is 141 Å². The smallest absolute Gasteiger partial charge is 0.258 e. The zero-order valence-corrected chi connectivity index (χ0v) is 14.2. The van der Waals surface area contributed by atoms with E-state index in [-0.39, 0.29) is 31.0 Å². The number of carbonyl (C=O) groups excluding carboxylic acids is 1. The van der Waals surface area contributed by atoms with Crippen LogP contribution in [0.3, 0.4) is 0 Å². The van der Waals surface area contributed by atoms with E-state index in [1.165, 1.54) is 0 Å². The second-order valence-electron chi connectivity index (χ2n) is 4.51. The second kappa shape index (κ2) is 11.0. The van der Waals surface area contributed by atoms with Gasteiger partial charge >= 0.3 is 0 Å². The molecular weight excluding hydrogens is 335 g/mol. The molecule has 3 N–H and O–H groups in total. The third-order valence-electron chi connectivity index (χ3n) is 2.81. The molecule has 0 aromatic heterocycles. The van der Waals surface area contributed by atoms with E-state index in [0.717, 1.165) is 19.3 Å². The summed E-state index contributed by atoms with van der Waals surface area (Å²) < 4.78 is 5.36. The van der Waals surface area contributed by atoms with Gasteiger partial charge in [0, 0.05) is 23.7 Å². The standard InChI is InChI=1S/C14H20Cl2N2O2.ClH/c1-2-3-4-11(8-17)18-14(19)9-20-13-7-10(15)5-6-12(13)16;/h5-7,11H,2-4,8-9,17H2,1H3,(H,18,19);1H. The number of benzene rings is 1. The molecule has 1 aromatic carbocycles. The Morgan fingerprint density at radius 2 is 2.14 bits per heavy atom. The summed E-state index contributed by atoms with van der Waals surface area (Å²) in [5.41, 5.74) is 5.62. The molecule has 1 aromatic rings. The van der Waals surface area contributed by atoms with Crippen LogP contribution in [-0.4, -0.2) is 25.1 Å². The monoisotopic (exact) mass is 354 g/mol. The quantitative estimate of drug-likeness (QED) is 0.751. The third-order valence-corrected chi connectivity index (χ3v) is 3.36. The van der Waals surface area contributed by atoms with Gasteiger partial charge in [0.25, 0.3) is 5.91 Å². The van der Waals surface area contributed by atoms with Crippen LogP contribution in [0.5, 0.6) is 5.75 Å². The summed E-state index contributed by atoms with van der Waals surface area (Å²) in [6, 6.07) is 4.85. The maximum absolute atomic E-state index is 11.8. The largest absolute Gasteiger partial charge is 0.482 e. The lowest BCUT2D eigenvalue weighted by Gasteiger charge is -2.16. The Morgan fingerprint density at radius 1 is 1.43 bits per heavy atom. The first-order valence-electron chi connectivity index (χ1n) is 6.64. The van der Waals surface area contributed by atoms with Crippen LogP contribution in [0.4, 0.5) is 0 Å². The van der Waals surface area contributed by atoms with Crippen molar-refractivity contribution >= 4 is 41.5 Å². The SMILES string of the molecule is CCCCC(CN)NC(=O)COc1cc(Cl)ccc1Cl.Cl. The number of amides is 1. The van der Waals surface area contributed by atoms with E-state index in [1.807, 2.05) is 0 Å². The van der Waals surface area contributed by atoms with Gasteiger partial charge in [0.1, 0.15) is 5.75 Å². The molecule has 1 atom stereocenters. The van der Waals surface area contributed by atoms with E-state index in [0.29, 0.717) is 22.3 Å². The maximum atomic E-state index is 11.8. The van der Waals surface area contributed by atoms with E-state index < -0.39 is 0 Å². The molecule has 1 amide bonds. The lowest BCUT2D eigenvalue weighted by atomic mass is 10.1. The average Bonchev–Trinajstić information content (AvgIpc) is 2.44. The molecule has 120 valence electrons. The molecule has 0 saturated heterocycles. The van der Waals surface area contributed by atoms with Crippen LogP contribution in [-0.2, 0) is 4.79 Å². The minimum absolute atomic E-state index is 0. The lowest BCUT2D eigenvalue weighted by molar-refractivity contribution is -0.123. The Balaban J connectivity index is 0.00000400. The molecule has 0 saturated carbocycles. The number of halogens is 3. The summed E-state index contributed by atoms with van der Waals surface area (Å²) in [5, 5.41) is 3.77. The van der Waals surface area contributed by atoms with Gasteiger partial charge in [-0.05, 0) is 18.6 Å². The van der Waals surface area contributed by atoms with Crippen molar-refractivity contribution in [1.29, 1.82) is 0 Å². The van der Waals surface area contributed by atoms with E-state index in [2.05, 4.69) is 12.2 Å². The summed E-state index contributed by atoms with van der Waals surface area (Å²) >= 11 is 11.8. The highest BCUT2D eigenvalue weighted by Crippen LogP contribution is 2.27. The van der Waals surface area contributed by atoms with Crippen LogP contribution < -0.4 is 15.8 Å². The Morgan fingerprint density at radius 3 is 2.76 bits per heavy atom. The number of hydrogen-bond acceptors (Lipinski definition) is 3. The fraction of sp³-hybridized carbons (Fsp3) is 0.500. The number of nitrogens with one attached hydrogen (secondary N) is 1. The number of rotatable bonds is 8. The average molecular weight is 356 g/mol. The fourth-order valence-electron chi connectivity index (χ4n) is 1.70. The molecule has 0 fully saturated rings. The van der Waals surface area contributed by atoms with Crippen LogP contribution in [0, 0.1) is 0 Å². The number of ether oxygens (including phenoxy) is 1. The molecule has 0 aliphatic heterocycles. The highest BCUT2D eigenvalue weighted by Gasteiger charge is 2.11. The van der Waals surface area contributed by atoms with Gasteiger partial charge in [-0.3, -0.25) is 4.79 Å². The van der Waals surface area contributed by atoms with E-state index >= 15 is 0 Å². The summed E-state index contributed by atoms with van der Waals surface area (Å²) in [7, 11) is 0. The van der Waals surface area contributed by atoms with Crippen LogP contribution in [0.2, 0.25) is 10.0 Å². The van der Waals surface area contributed by atoms with Gasteiger partial charge in [-0.2, -0.15) is 0 Å². The highest BCUT2D eigenvalue weighted by molar-refractivity contribution is 6.34. The van der Waals surface area contributed by atoms with Crippen molar-refractivity contribution in [1.82, 2.24) is 5.32 Å². The Hall–Kier alpha value is -0.680. The van der Waals surface area contributed by atoms with Crippen LogP contribution >= 0.6 is 35.6 Å². The number of nitrogens with two attached hydrogens (primary N) is 1. The first-order chi connectivity index (χ1) is 9.56. The molecule has 1 unspecified atom stereocenters. The summed E-state index contributed by atoms with van der Waals surface area (Å²) in [5.74, 6) is 0.180. The van der Waals surface area contributed by atoms with Crippen LogP contribution in [0.15, 0.2) is 18.2 Å². The molecule has 0 heterocycles. The van der Waals surface area contributed by atoms with Crippen molar-refractivity contribution < 1.29 is 9.53 Å². The summed E-state index contributed by atoms with van der Waals surface area (Å²) in [6.07, 6.45) is 2.97. The van der Waals surface area contributed by atoms with E-state index in [4.69, 9.17) is 33.7 Å². The van der Waals surface area contributed by atoms with Crippen LogP contribution in [0.25, 0.3) is 0 Å². The zero-order valence-electron chi connectivity index (χ0n) is 11.9. The molecule has 7 heteroatoms. The van der Waals surface area contributed by atoms with Gasteiger partial charge in [0.05, 0.1) is 5.02 Å². The number of carbonyl (C=O) groups is 1. The summed E-state index contributed by atoms with van der Waals surface area (Å²) in [4.78, 5) is 11.8. The molecular formula is C14H21Cl3N2O2. The van der Waals surface area contributed by atoms with Crippen molar-refractivity contribution in [2.24, 2.45) is 5.73 Å². The van der Waals surface area contributed by atoms with Crippen molar-refractivity contribution in [3.05, 3.63) is 28.2 Å². The Bertz CT molecular complexity index is 444. The van der Waals surface area contributed by atoms with Gasteiger partial charge in [0.2, 0.25) is 0 Å². The topological polar surface area (TPSA) is 64.3 Å².